The number of hydrogen-bond acceptors (Lipinski definition) is 8. The zero-order valence-electron chi connectivity index (χ0n) is 19.8. The van der Waals surface area contributed by atoms with E-state index in [1.807, 2.05) is 67.6 Å². The molecule has 0 N–H and O–H groups in total. The number of benzene rings is 2. The largest absolute Gasteiger partial charge is 0.456 e. The van der Waals surface area contributed by atoms with Crippen LogP contribution in [0.4, 0.5) is 0 Å². The Hall–Kier alpha value is -2.39. The van der Waals surface area contributed by atoms with Crippen LogP contribution in [0.25, 0.3) is 0 Å². The third-order valence-electron chi connectivity index (χ3n) is 5.21. The smallest absolute Gasteiger partial charge is 0.303 e. The van der Waals surface area contributed by atoms with Crippen molar-refractivity contribution in [2.24, 2.45) is 0 Å². The molecule has 5 atom stereocenters. The van der Waals surface area contributed by atoms with E-state index >= 15 is 0 Å². The first kappa shape index (κ1) is 26.2. The fraction of sp³-hybridized carbons (Fsp3) is 0.462. The van der Waals surface area contributed by atoms with Crippen LogP contribution >= 0.6 is 11.8 Å². The van der Waals surface area contributed by atoms with Gasteiger partial charge >= 0.3 is 11.9 Å². The van der Waals surface area contributed by atoms with E-state index in [-0.39, 0.29) is 6.61 Å². The lowest BCUT2D eigenvalue weighted by Crippen LogP contribution is -2.61. The molecule has 0 radical (unpaired) electrons. The number of carbonyl (C=O) groups excluding carboxylic acids is 2. The van der Waals surface area contributed by atoms with Crippen molar-refractivity contribution < 1.29 is 33.3 Å². The second-order valence-corrected chi connectivity index (χ2v) is 9.28. The van der Waals surface area contributed by atoms with E-state index < -0.39 is 41.8 Å². The minimum absolute atomic E-state index is 0.163. The Morgan fingerprint density at radius 2 is 1.38 bits per heavy atom. The van der Waals surface area contributed by atoms with Gasteiger partial charge in [0, 0.05) is 13.8 Å². The Kier molecular flexibility index (Phi) is 10.4. The number of esters is 2. The molecule has 3 rings (SSSR count). The highest BCUT2D eigenvalue weighted by Gasteiger charge is 2.50. The quantitative estimate of drug-likeness (QED) is 0.437. The first-order valence-corrected chi connectivity index (χ1v) is 12.4. The van der Waals surface area contributed by atoms with Crippen LogP contribution in [0.2, 0.25) is 0 Å². The molecule has 0 saturated carbocycles. The summed E-state index contributed by atoms with van der Waals surface area (Å²) in [5.74, 6) is -0.220. The average Bonchev–Trinajstić information content (AvgIpc) is 2.82. The monoisotopic (exact) mass is 488 g/mol. The first-order valence-electron chi connectivity index (χ1n) is 11.4. The molecule has 1 aliphatic rings. The molecule has 0 aliphatic carbocycles. The fourth-order valence-corrected chi connectivity index (χ4v) is 4.75. The zero-order valence-corrected chi connectivity index (χ0v) is 20.6. The van der Waals surface area contributed by atoms with Gasteiger partial charge in [-0.1, -0.05) is 67.6 Å². The molecule has 1 fully saturated rings. The van der Waals surface area contributed by atoms with Crippen LogP contribution in [-0.2, 0) is 46.5 Å². The van der Waals surface area contributed by atoms with Crippen molar-refractivity contribution in [1.82, 2.24) is 0 Å². The molecule has 2 aromatic rings. The molecule has 2 aromatic carbocycles. The molecule has 1 saturated heterocycles. The number of hydrogen-bond donors (Lipinski definition) is 0. The van der Waals surface area contributed by atoms with Crippen molar-refractivity contribution >= 4 is 23.7 Å². The lowest BCUT2D eigenvalue weighted by Gasteiger charge is -2.44. The summed E-state index contributed by atoms with van der Waals surface area (Å²) in [6, 6.07) is 19.5. The molecule has 8 heteroatoms. The van der Waals surface area contributed by atoms with Crippen molar-refractivity contribution in [2.45, 2.75) is 63.8 Å². The predicted octanol–water partition coefficient (Wildman–Crippen LogP) is 4.13. The highest BCUT2D eigenvalue weighted by Crippen LogP contribution is 2.34. The van der Waals surface area contributed by atoms with Gasteiger partial charge in [-0.3, -0.25) is 9.59 Å². The van der Waals surface area contributed by atoms with E-state index in [4.69, 9.17) is 23.7 Å². The fourth-order valence-electron chi connectivity index (χ4n) is 3.78. The third-order valence-corrected chi connectivity index (χ3v) is 6.25. The summed E-state index contributed by atoms with van der Waals surface area (Å²) in [4.78, 5) is 24.0. The van der Waals surface area contributed by atoms with Crippen LogP contribution in [0.1, 0.15) is 31.9 Å². The van der Waals surface area contributed by atoms with Gasteiger partial charge < -0.3 is 23.7 Å². The summed E-state index contributed by atoms with van der Waals surface area (Å²) in [6.45, 7) is 5.51. The first-order chi connectivity index (χ1) is 16.5. The molecule has 34 heavy (non-hydrogen) atoms. The number of carbonyl (C=O) groups is 2. The van der Waals surface area contributed by atoms with Crippen molar-refractivity contribution in [1.29, 1.82) is 0 Å². The number of rotatable bonds is 11. The van der Waals surface area contributed by atoms with Gasteiger partial charge in [0.1, 0.15) is 17.6 Å². The summed E-state index contributed by atoms with van der Waals surface area (Å²) in [7, 11) is 0. The lowest BCUT2D eigenvalue weighted by atomic mass is 9.99. The van der Waals surface area contributed by atoms with Crippen molar-refractivity contribution in [3.8, 4) is 0 Å². The van der Waals surface area contributed by atoms with Gasteiger partial charge in [-0.05, 0) is 16.9 Å². The highest BCUT2D eigenvalue weighted by molar-refractivity contribution is 7.99. The molecule has 7 nitrogen and oxygen atoms in total. The molecular weight excluding hydrogens is 456 g/mol. The Balaban J connectivity index is 1.80. The molecule has 0 aromatic heterocycles. The van der Waals surface area contributed by atoms with Crippen LogP contribution < -0.4 is 0 Å². The van der Waals surface area contributed by atoms with Gasteiger partial charge in [0.25, 0.3) is 0 Å². The molecule has 184 valence electrons. The van der Waals surface area contributed by atoms with Gasteiger partial charge in [0.15, 0.2) is 12.2 Å². The second kappa shape index (κ2) is 13.5. The normalized spacial score (nSPS) is 24.4. The molecule has 0 unspecified atom stereocenters. The lowest BCUT2D eigenvalue weighted by molar-refractivity contribution is -0.242. The Morgan fingerprint density at radius 3 is 1.94 bits per heavy atom. The maximum Gasteiger partial charge on any atom is 0.303 e. The second-order valence-electron chi connectivity index (χ2n) is 7.91. The van der Waals surface area contributed by atoms with E-state index in [9.17, 15) is 9.59 Å². The standard InChI is InChI=1S/C26H32O7S/c1-4-34-26-25(30-16-21-13-9-6-10-14-21)24(32-19(3)28)23(31-18(2)27)22(33-26)17-29-15-20-11-7-5-8-12-20/h5-14,22-26H,4,15-17H2,1-3H3/t22-,23-,24+,25-,26+/m1/s1. The van der Waals surface area contributed by atoms with E-state index in [1.165, 1.54) is 13.8 Å². The SMILES string of the molecule is CCS[C@@H]1O[C@H](COCc2ccccc2)[C@@H](OC(C)=O)[C@H](OC(C)=O)[C@H]1OCc1ccccc1. The van der Waals surface area contributed by atoms with Crippen molar-refractivity contribution in [3.05, 3.63) is 71.8 Å². The summed E-state index contributed by atoms with van der Waals surface area (Å²) in [6.07, 6.45) is -2.97. The van der Waals surface area contributed by atoms with Crippen LogP contribution in [-0.4, -0.2) is 54.2 Å². The summed E-state index contributed by atoms with van der Waals surface area (Å²) in [5.41, 5.74) is 1.55. The Morgan fingerprint density at radius 1 is 0.824 bits per heavy atom. The van der Waals surface area contributed by atoms with Crippen LogP contribution in [0.15, 0.2) is 60.7 Å². The van der Waals surface area contributed by atoms with Crippen LogP contribution in [0.5, 0.6) is 0 Å². The Labute approximate surface area is 205 Å². The van der Waals surface area contributed by atoms with Gasteiger partial charge in [-0.15, -0.1) is 11.8 Å². The van der Waals surface area contributed by atoms with Gasteiger partial charge in [-0.25, -0.2) is 0 Å². The van der Waals surface area contributed by atoms with Gasteiger partial charge in [-0.2, -0.15) is 0 Å². The molecular formula is C26H32O7S. The van der Waals surface area contributed by atoms with Crippen molar-refractivity contribution in [2.75, 3.05) is 12.4 Å². The molecule has 0 amide bonds. The molecule has 0 spiro atoms. The summed E-state index contributed by atoms with van der Waals surface area (Å²) >= 11 is 1.55. The van der Waals surface area contributed by atoms with Crippen LogP contribution in [0.3, 0.4) is 0 Å². The average molecular weight is 489 g/mol. The molecule has 1 heterocycles. The predicted molar refractivity (Wildman–Crippen MR) is 129 cm³/mol. The Bertz CT molecular complexity index is 893. The van der Waals surface area contributed by atoms with E-state index in [0.29, 0.717) is 13.2 Å². The molecule has 1 aliphatic heterocycles. The van der Waals surface area contributed by atoms with Crippen molar-refractivity contribution in [3.63, 3.8) is 0 Å². The summed E-state index contributed by atoms with van der Waals surface area (Å²) in [5, 5.41) is 0. The van der Waals surface area contributed by atoms with Crippen LogP contribution in [0, 0.1) is 0 Å². The number of ether oxygens (including phenoxy) is 5. The minimum Gasteiger partial charge on any atom is -0.456 e. The maximum atomic E-state index is 12.0. The maximum absolute atomic E-state index is 12.0. The van der Waals surface area contributed by atoms with E-state index in [0.717, 1.165) is 16.9 Å². The van der Waals surface area contributed by atoms with Gasteiger partial charge in [0.05, 0.1) is 19.8 Å². The van der Waals surface area contributed by atoms with E-state index in [2.05, 4.69) is 0 Å². The minimum atomic E-state index is -0.869. The zero-order chi connectivity index (χ0) is 24.3. The van der Waals surface area contributed by atoms with E-state index in [1.54, 1.807) is 11.8 Å². The molecule has 0 bridgehead atoms. The highest BCUT2D eigenvalue weighted by atomic mass is 32.2. The number of thioether (sulfide) groups is 1. The third kappa shape index (κ3) is 7.84. The topological polar surface area (TPSA) is 80.3 Å². The summed E-state index contributed by atoms with van der Waals surface area (Å²) < 4.78 is 29.8. The van der Waals surface area contributed by atoms with Gasteiger partial charge in [0.2, 0.25) is 0 Å².